The average Bonchev–Trinajstić information content (AvgIpc) is 2.35. The first kappa shape index (κ1) is 13.4. The van der Waals surface area contributed by atoms with E-state index in [1.54, 1.807) is 0 Å². The summed E-state index contributed by atoms with van der Waals surface area (Å²) < 4.78 is 4.67. The second-order valence-electron chi connectivity index (χ2n) is 3.39. The number of benzene rings is 1. The quantitative estimate of drug-likeness (QED) is 0.518. The number of aromatic hydroxyl groups is 1. The number of ether oxygens (including phenoxy) is 1. The van der Waals surface area contributed by atoms with Crippen molar-refractivity contribution in [1.29, 1.82) is 0 Å². The van der Waals surface area contributed by atoms with Crippen LogP contribution in [0.1, 0.15) is 22.0 Å². The van der Waals surface area contributed by atoms with E-state index in [9.17, 15) is 9.90 Å². The number of aliphatic hydroxyl groups is 2. The molecule has 0 aliphatic heterocycles. The van der Waals surface area contributed by atoms with E-state index in [-0.39, 0.29) is 36.7 Å². The fourth-order valence-electron chi connectivity index (χ4n) is 1.34. The molecule has 0 unspecified atom stereocenters. The minimum Gasteiger partial charge on any atom is -0.507 e. The van der Waals surface area contributed by atoms with Crippen LogP contribution in [0.25, 0.3) is 0 Å². The minimum absolute atomic E-state index is 0.0418. The van der Waals surface area contributed by atoms with Crippen molar-refractivity contribution in [1.82, 2.24) is 0 Å². The van der Waals surface area contributed by atoms with Crippen LogP contribution in [0.5, 0.6) is 5.75 Å². The molecule has 0 aromatic heterocycles. The van der Waals surface area contributed by atoms with Crippen LogP contribution in [0.2, 0.25) is 0 Å². The molecule has 0 amide bonds. The highest BCUT2D eigenvalue weighted by molar-refractivity contribution is 5.92. The van der Waals surface area contributed by atoms with Gasteiger partial charge >= 0.3 is 5.97 Å². The Hall–Kier alpha value is -1.63. The van der Waals surface area contributed by atoms with Gasteiger partial charge in [-0.1, -0.05) is 12.1 Å². The first-order valence-corrected chi connectivity index (χ1v) is 5.08. The van der Waals surface area contributed by atoms with E-state index in [0.29, 0.717) is 0 Å². The fourth-order valence-corrected chi connectivity index (χ4v) is 1.34. The number of rotatable bonds is 5. The first-order chi connectivity index (χ1) is 8.11. The van der Waals surface area contributed by atoms with Crippen molar-refractivity contribution in [2.24, 2.45) is 5.73 Å². The molecule has 94 valence electrons. The van der Waals surface area contributed by atoms with Crippen molar-refractivity contribution in [3.63, 3.8) is 0 Å². The van der Waals surface area contributed by atoms with Gasteiger partial charge in [0.2, 0.25) is 0 Å². The second-order valence-corrected chi connectivity index (χ2v) is 3.39. The number of para-hydroxylation sites is 1. The number of hydrogen-bond acceptors (Lipinski definition) is 6. The summed E-state index contributed by atoms with van der Waals surface area (Å²) in [5.74, 6) is -1.06. The highest BCUT2D eigenvalue weighted by Gasteiger charge is 2.18. The molecule has 1 aromatic rings. The predicted molar refractivity (Wildman–Crippen MR) is 59.5 cm³/mol. The molecule has 17 heavy (non-hydrogen) atoms. The van der Waals surface area contributed by atoms with Crippen LogP contribution >= 0.6 is 0 Å². The largest absolute Gasteiger partial charge is 0.507 e. The number of hydrogen-bond donors (Lipinski definition) is 4. The molecular formula is C11H15NO5. The smallest absolute Gasteiger partial charge is 0.342 e. The Balaban J connectivity index is 2.97. The highest BCUT2D eigenvalue weighted by Crippen LogP contribution is 2.27. The molecule has 0 aliphatic carbocycles. The molecule has 0 fully saturated rings. The van der Waals surface area contributed by atoms with Gasteiger partial charge in [0, 0.05) is 5.56 Å². The van der Waals surface area contributed by atoms with E-state index in [0.717, 1.165) is 0 Å². The van der Waals surface area contributed by atoms with Gasteiger partial charge in [-0.05, 0) is 6.07 Å². The molecule has 1 atom stereocenters. The second kappa shape index (κ2) is 6.19. The summed E-state index contributed by atoms with van der Waals surface area (Å²) in [7, 11) is 0. The summed E-state index contributed by atoms with van der Waals surface area (Å²) in [5.41, 5.74) is 5.79. The lowest BCUT2D eigenvalue weighted by Gasteiger charge is -2.13. The van der Waals surface area contributed by atoms with E-state index in [2.05, 4.69) is 4.74 Å². The SMILES string of the molecule is N[C@H](CO)c1cccc(C(=O)OCCO)c1O. The monoisotopic (exact) mass is 241 g/mol. The molecule has 0 spiro atoms. The van der Waals surface area contributed by atoms with Crippen LogP contribution in [0.4, 0.5) is 0 Å². The van der Waals surface area contributed by atoms with Gasteiger partial charge in [-0.15, -0.1) is 0 Å². The molecule has 6 nitrogen and oxygen atoms in total. The Morgan fingerprint density at radius 2 is 2.12 bits per heavy atom. The Morgan fingerprint density at radius 3 is 2.71 bits per heavy atom. The lowest BCUT2D eigenvalue weighted by molar-refractivity contribution is 0.0430. The summed E-state index contributed by atoms with van der Waals surface area (Å²) >= 11 is 0. The summed E-state index contributed by atoms with van der Waals surface area (Å²) in [6, 6.07) is 3.66. The number of nitrogens with two attached hydrogens (primary N) is 1. The zero-order valence-electron chi connectivity index (χ0n) is 9.17. The standard InChI is InChI=1S/C11H15NO5/c12-9(6-14)7-2-1-3-8(10(7)15)11(16)17-5-4-13/h1-3,9,13-15H,4-6,12H2/t9-/m1/s1. The summed E-state index contributed by atoms with van der Waals surface area (Å²) in [4.78, 5) is 11.5. The van der Waals surface area contributed by atoms with Crippen LogP contribution < -0.4 is 5.73 Å². The zero-order valence-corrected chi connectivity index (χ0v) is 9.17. The maximum atomic E-state index is 11.5. The van der Waals surface area contributed by atoms with E-state index in [1.165, 1.54) is 18.2 Å². The molecule has 0 saturated carbocycles. The number of phenolic OH excluding ortho intramolecular Hbond substituents is 1. The number of carbonyl (C=O) groups excluding carboxylic acids is 1. The lowest BCUT2D eigenvalue weighted by Crippen LogP contribution is -2.16. The molecule has 1 aromatic carbocycles. The predicted octanol–water partition coefficient (Wildman–Crippen LogP) is -0.467. The first-order valence-electron chi connectivity index (χ1n) is 5.08. The Bertz CT molecular complexity index is 393. The van der Waals surface area contributed by atoms with Crippen LogP contribution in [0.3, 0.4) is 0 Å². The molecule has 0 heterocycles. The molecule has 6 heteroatoms. The summed E-state index contributed by atoms with van der Waals surface area (Å²) in [6.45, 7) is -0.778. The van der Waals surface area contributed by atoms with Crippen LogP contribution in [0, 0.1) is 0 Å². The van der Waals surface area contributed by atoms with E-state index < -0.39 is 12.0 Å². The van der Waals surface area contributed by atoms with Gasteiger partial charge in [0.1, 0.15) is 17.9 Å². The van der Waals surface area contributed by atoms with E-state index in [4.69, 9.17) is 15.9 Å². The molecule has 5 N–H and O–H groups in total. The minimum atomic E-state index is -0.763. The van der Waals surface area contributed by atoms with Gasteiger partial charge in [0.25, 0.3) is 0 Å². The van der Waals surface area contributed by atoms with Crippen LogP contribution in [-0.4, -0.2) is 41.1 Å². The lowest BCUT2D eigenvalue weighted by atomic mass is 10.0. The van der Waals surface area contributed by atoms with Crippen molar-refractivity contribution in [2.75, 3.05) is 19.8 Å². The van der Waals surface area contributed by atoms with Crippen molar-refractivity contribution in [3.05, 3.63) is 29.3 Å². The molecule has 1 rings (SSSR count). The van der Waals surface area contributed by atoms with Gasteiger partial charge in [0.15, 0.2) is 0 Å². The van der Waals surface area contributed by atoms with Crippen molar-refractivity contribution < 1.29 is 24.9 Å². The number of esters is 1. The highest BCUT2D eigenvalue weighted by atomic mass is 16.5. The van der Waals surface area contributed by atoms with Gasteiger partial charge in [-0.3, -0.25) is 0 Å². The third-order valence-corrected chi connectivity index (χ3v) is 2.21. The molecule has 0 radical (unpaired) electrons. The topological polar surface area (TPSA) is 113 Å². The number of aliphatic hydroxyl groups excluding tert-OH is 2. The normalized spacial score (nSPS) is 12.2. The van der Waals surface area contributed by atoms with Crippen LogP contribution in [0.15, 0.2) is 18.2 Å². The Kier molecular flexibility index (Phi) is 4.89. The zero-order chi connectivity index (χ0) is 12.8. The molecule has 0 bridgehead atoms. The fraction of sp³-hybridized carbons (Fsp3) is 0.364. The number of carbonyl (C=O) groups is 1. The van der Waals surface area contributed by atoms with Crippen molar-refractivity contribution in [3.8, 4) is 5.75 Å². The van der Waals surface area contributed by atoms with Gasteiger partial charge in [-0.25, -0.2) is 4.79 Å². The Labute approximate surface area is 98.3 Å². The number of phenols is 1. The van der Waals surface area contributed by atoms with Gasteiger partial charge < -0.3 is 25.8 Å². The molecule has 0 saturated heterocycles. The Morgan fingerprint density at radius 1 is 1.41 bits per heavy atom. The summed E-state index contributed by atoms with van der Waals surface area (Å²) in [5, 5.41) is 27.2. The summed E-state index contributed by atoms with van der Waals surface area (Å²) in [6.07, 6.45) is 0. The third-order valence-electron chi connectivity index (χ3n) is 2.21. The molecular weight excluding hydrogens is 226 g/mol. The average molecular weight is 241 g/mol. The van der Waals surface area contributed by atoms with Crippen molar-refractivity contribution >= 4 is 5.97 Å². The van der Waals surface area contributed by atoms with Gasteiger partial charge in [-0.2, -0.15) is 0 Å². The maximum Gasteiger partial charge on any atom is 0.342 e. The molecule has 0 aliphatic rings. The van der Waals surface area contributed by atoms with Gasteiger partial charge in [0.05, 0.1) is 19.3 Å². The van der Waals surface area contributed by atoms with E-state index in [1.807, 2.05) is 0 Å². The van der Waals surface area contributed by atoms with E-state index >= 15 is 0 Å². The third kappa shape index (κ3) is 3.16. The maximum absolute atomic E-state index is 11.5. The van der Waals surface area contributed by atoms with Crippen LogP contribution in [-0.2, 0) is 4.74 Å². The van der Waals surface area contributed by atoms with Crippen molar-refractivity contribution in [2.45, 2.75) is 6.04 Å².